The lowest BCUT2D eigenvalue weighted by molar-refractivity contribution is 0.794. The van der Waals surface area contributed by atoms with Crippen LogP contribution in [0.2, 0.25) is 0 Å². The van der Waals surface area contributed by atoms with Gasteiger partial charge in [-0.05, 0) is 147 Å². The number of hydrogen-bond acceptors (Lipinski definition) is 1. The van der Waals surface area contributed by atoms with Gasteiger partial charge < -0.3 is 4.90 Å². The number of fused-ring (bicyclic) bond motifs is 16. The van der Waals surface area contributed by atoms with E-state index >= 15 is 0 Å². The maximum absolute atomic E-state index is 2.56. The van der Waals surface area contributed by atoms with Gasteiger partial charge in [-0.15, -0.1) is 0 Å². The molecule has 0 bridgehead atoms. The lowest BCUT2D eigenvalue weighted by Gasteiger charge is -2.33. The van der Waals surface area contributed by atoms with Crippen LogP contribution in [-0.4, -0.2) is 0 Å². The van der Waals surface area contributed by atoms with E-state index in [2.05, 4.69) is 266 Å². The Morgan fingerprint density at radius 1 is 0.221 bits per heavy atom. The molecule has 1 heteroatoms. The minimum atomic E-state index is -0.514. The molecule has 0 amide bonds. The Morgan fingerprint density at radius 3 is 1.24 bits per heavy atom. The van der Waals surface area contributed by atoms with Gasteiger partial charge in [0.2, 0.25) is 0 Å². The molecule has 0 atom stereocenters. The Bertz CT molecular complexity index is 3880. The zero-order chi connectivity index (χ0) is 44.8. The number of anilines is 3. The molecule has 0 unspecified atom stereocenters. The minimum Gasteiger partial charge on any atom is -0.310 e. The van der Waals surface area contributed by atoms with Crippen molar-refractivity contribution in [1.29, 1.82) is 0 Å². The fourth-order valence-corrected chi connectivity index (χ4v) is 11.9. The van der Waals surface area contributed by atoms with Crippen molar-refractivity contribution < 1.29 is 0 Å². The topological polar surface area (TPSA) is 3.24 Å². The van der Waals surface area contributed by atoms with E-state index in [4.69, 9.17) is 0 Å². The summed E-state index contributed by atoms with van der Waals surface area (Å²) in [6.45, 7) is 0. The van der Waals surface area contributed by atoms with E-state index in [1.54, 1.807) is 0 Å². The summed E-state index contributed by atoms with van der Waals surface area (Å²) in [4.78, 5) is 2.53. The molecule has 0 aliphatic heterocycles. The third kappa shape index (κ3) is 5.63. The van der Waals surface area contributed by atoms with Gasteiger partial charge >= 0.3 is 0 Å². The highest BCUT2D eigenvalue weighted by Crippen LogP contribution is 2.64. The second-order valence-electron chi connectivity index (χ2n) is 18.3. The van der Waals surface area contributed by atoms with Crippen molar-refractivity contribution in [2.24, 2.45) is 0 Å². The third-order valence-corrected chi connectivity index (χ3v) is 14.9. The van der Waals surface area contributed by atoms with Crippen LogP contribution >= 0.6 is 0 Å². The average molecular weight is 862 g/mol. The van der Waals surface area contributed by atoms with Gasteiger partial charge in [0.1, 0.15) is 0 Å². The van der Waals surface area contributed by atoms with Gasteiger partial charge in [0.05, 0.1) is 11.1 Å². The highest BCUT2D eigenvalue weighted by molar-refractivity contribution is 6.26. The molecule has 12 aromatic carbocycles. The van der Waals surface area contributed by atoms with E-state index in [1.165, 1.54) is 105 Å². The number of rotatable bonds is 6. The lowest BCUT2D eigenvalue weighted by atomic mass is 9.70. The van der Waals surface area contributed by atoms with Crippen LogP contribution in [-0.2, 0) is 5.41 Å². The van der Waals surface area contributed by atoms with E-state index in [9.17, 15) is 0 Å². The molecule has 68 heavy (non-hydrogen) atoms. The van der Waals surface area contributed by atoms with Crippen molar-refractivity contribution >= 4 is 49.4 Å². The van der Waals surface area contributed by atoms with Gasteiger partial charge in [-0.2, -0.15) is 0 Å². The number of benzene rings is 12. The highest BCUT2D eigenvalue weighted by atomic mass is 15.1. The normalized spacial score (nSPS) is 12.8. The summed E-state index contributed by atoms with van der Waals surface area (Å²) in [6, 6.07) is 97.2. The molecule has 0 heterocycles. The standard InChI is InChI=1S/C67H43N/c1-3-18-44(19-4-1)46-34-36-49(37-35-46)68(50-38-39-55-53-26-8-7-24-51(53)52-25-9-10-27-54(52)60(55)41-50)66-43-65-61(42-59(66)48-23-17-22-47(40-48)45-20-5-2-6-21-45)58-30-13-16-33-64(58)67(65)62-31-14-11-28-56(62)57-29-12-15-32-63(57)67/h1-43H. The monoisotopic (exact) mass is 861 g/mol. The molecule has 1 spiro atoms. The zero-order valence-corrected chi connectivity index (χ0v) is 37.3. The Balaban J connectivity index is 1.10. The summed E-state index contributed by atoms with van der Waals surface area (Å²) in [7, 11) is 0. The van der Waals surface area contributed by atoms with Crippen molar-refractivity contribution in [1.82, 2.24) is 0 Å². The summed E-state index contributed by atoms with van der Waals surface area (Å²) in [6.07, 6.45) is 0. The Labute approximate surface area is 396 Å². The molecule has 1 nitrogen and oxygen atoms in total. The van der Waals surface area contributed by atoms with Crippen LogP contribution < -0.4 is 4.90 Å². The molecular weight excluding hydrogens is 819 g/mol. The average Bonchev–Trinajstić information content (AvgIpc) is 3.88. The van der Waals surface area contributed by atoms with Gasteiger partial charge in [0, 0.05) is 16.9 Å². The lowest BCUT2D eigenvalue weighted by Crippen LogP contribution is -2.26. The zero-order valence-electron chi connectivity index (χ0n) is 37.3. The number of nitrogens with zero attached hydrogens (tertiary/aromatic N) is 1. The van der Waals surface area contributed by atoms with Gasteiger partial charge in [-0.1, -0.05) is 218 Å². The molecule has 0 radical (unpaired) electrons. The maximum Gasteiger partial charge on any atom is 0.0726 e. The van der Waals surface area contributed by atoms with Crippen molar-refractivity contribution in [3.05, 3.63) is 283 Å². The molecule has 0 saturated heterocycles. The summed E-state index contributed by atoms with van der Waals surface area (Å²) >= 11 is 0. The molecule has 0 N–H and O–H groups in total. The second-order valence-corrected chi connectivity index (χ2v) is 18.3. The first-order chi connectivity index (χ1) is 33.7. The van der Waals surface area contributed by atoms with E-state index in [1.807, 2.05) is 0 Å². The van der Waals surface area contributed by atoms with Gasteiger partial charge in [0.25, 0.3) is 0 Å². The fraction of sp³-hybridized carbons (Fsp3) is 0.0149. The molecule has 12 aromatic rings. The van der Waals surface area contributed by atoms with E-state index in [-0.39, 0.29) is 0 Å². The molecule has 0 saturated carbocycles. The fourth-order valence-electron chi connectivity index (χ4n) is 11.9. The molecule has 0 fully saturated rings. The van der Waals surface area contributed by atoms with Crippen LogP contribution in [0.5, 0.6) is 0 Å². The van der Waals surface area contributed by atoms with Crippen LogP contribution in [0.15, 0.2) is 261 Å². The van der Waals surface area contributed by atoms with Gasteiger partial charge in [-0.3, -0.25) is 0 Å². The molecule has 2 aliphatic rings. The highest BCUT2D eigenvalue weighted by Gasteiger charge is 2.52. The molecule has 14 rings (SSSR count). The predicted octanol–water partition coefficient (Wildman–Crippen LogP) is 18.0. The second kappa shape index (κ2) is 15.1. The first kappa shape index (κ1) is 38.5. The minimum absolute atomic E-state index is 0.514. The van der Waals surface area contributed by atoms with Gasteiger partial charge in [0.15, 0.2) is 0 Å². The maximum atomic E-state index is 2.56. The summed E-state index contributed by atoms with van der Waals surface area (Å²) in [5, 5.41) is 7.54. The van der Waals surface area contributed by atoms with Crippen molar-refractivity contribution in [2.45, 2.75) is 5.41 Å². The van der Waals surface area contributed by atoms with Crippen LogP contribution in [0.4, 0.5) is 17.1 Å². The SMILES string of the molecule is c1ccc(-c2ccc(N(c3ccc4c5ccccc5c5ccccc5c4c3)c3cc4c(cc3-c3cccc(-c5ccccc5)c3)-c3ccccc3C43c4ccccc4-c4ccccc43)cc2)cc1. The summed E-state index contributed by atoms with van der Waals surface area (Å²) in [5.41, 5.74) is 20.4. The predicted molar refractivity (Wildman–Crippen MR) is 286 cm³/mol. The Kier molecular flexibility index (Phi) is 8.57. The van der Waals surface area contributed by atoms with Crippen LogP contribution in [0, 0.1) is 0 Å². The third-order valence-electron chi connectivity index (χ3n) is 14.9. The van der Waals surface area contributed by atoms with Crippen molar-refractivity contribution in [3.63, 3.8) is 0 Å². The largest absolute Gasteiger partial charge is 0.310 e. The van der Waals surface area contributed by atoms with Crippen LogP contribution in [0.3, 0.4) is 0 Å². The molecule has 316 valence electrons. The van der Waals surface area contributed by atoms with Gasteiger partial charge in [-0.25, -0.2) is 0 Å². The molecular formula is C67H43N. The first-order valence-corrected chi connectivity index (χ1v) is 23.7. The molecule has 2 aliphatic carbocycles. The first-order valence-electron chi connectivity index (χ1n) is 23.7. The van der Waals surface area contributed by atoms with E-state index in [0.717, 1.165) is 22.6 Å². The summed E-state index contributed by atoms with van der Waals surface area (Å²) in [5.74, 6) is 0. The van der Waals surface area contributed by atoms with Crippen molar-refractivity contribution in [2.75, 3.05) is 4.90 Å². The van der Waals surface area contributed by atoms with Crippen LogP contribution in [0.1, 0.15) is 22.3 Å². The Morgan fingerprint density at radius 2 is 0.647 bits per heavy atom. The number of hydrogen-bond donors (Lipinski definition) is 0. The Hall–Kier alpha value is -8.78. The molecule has 0 aromatic heterocycles. The summed E-state index contributed by atoms with van der Waals surface area (Å²) < 4.78 is 0. The van der Waals surface area contributed by atoms with E-state index < -0.39 is 5.41 Å². The smallest absolute Gasteiger partial charge is 0.0726 e. The van der Waals surface area contributed by atoms with E-state index in [0.29, 0.717) is 0 Å². The quantitative estimate of drug-likeness (QED) is 0.151. The van der Waals surface area contributed by atoms with Crippen LogP contribution in [0.25, 0.3) is 88.0 Å². The van der Waals surface area contributed by atoms with Crippen molar-refractivity contribution in [3.8, 4) is 55.6 Å².